The van der Waals surface area contributed by atoms with Gasteiger partial charge in [-0.1, -0.05) is 62.4 Å². The van der Waals surface area contributed by atoms with Gasteiger partial charge in [0.25, 0.3) is 0 Å². The lowest BCUT2D eigenvalue weighted by Crippen LogP contribution is -2.47. The monoisotopic (exact) mass is 479 g/mol. The van der Waals surface area contributed by atoms with Crippen molar-refractivity contribution in [3.05, 3.63) is 70.8 Å². The molecule has 1 aliphatic rings. The lowest BCUT2D eigenvalue weighted by atomic mass is 9.85. The number of benzene rings is 2. The van der Waals surface area contributed by atoms with Crippen molar-refractivity contribution in [3.8, 4) is 0 Å². The summed E-state index contributed by atoms with van der Waals surface area (Å²) in [5, 5.41) is 0. The number of hydrogen-bond acceptors (Lipinski definition) is 4. The molecule has 6 heteroatoms. The second-order valence-corrected chi connectivity index (χ2v) is 11.0. The van der Waals surface area contributed by atoms with Crippen LogP contribution in [0.3, 0.4) is 0 Å². The van der Waals surface area contributed by atoms with Gasteiger partial charge in [0.2, 0.25) is 5.91 Å². The third kappa shape index (κ3) is 8.10. The van der Waals surface area contributed by atoms with Gasteiger partial charge in [-0.05, 0) is 61.8 Å². The Morgan fingerprint density at radius 1 is 1.11 bits per heavy atom. The molecule has 1 atom stereocenters. The first-order chi connectivity index (χ1) is 16.5. The number of amides is 2. The van der Waals surface area contributed by atoms with Crippen LogP contribution in [0, 0.1) is 5.92 Å². The lowest BCUT2D eigenvalue weighted by Gasteiger charge is -2.40. The molecule has 0 aromatic heterocycles. The highest BCUT2D eigenvalue weighted by Gasteiger charge is 2.30. The zero-order valence-electron chi connectivity index (χ0n) is 21.9. The summed E-state index contributed by atoms with van der Waals surface area (Å²) < 4.78 is 5.74. The Labute approximate surface area is 210 Å². The van der Waals surface area contributed by atoms with E-state index in [-0.39, 0.29) is 18.4 Å². The van der Waals surface area contributed by atoms with Crippen LogP contribution in [-0.4, -0.2) is 46.5 Å². The molecule has 2 aromatic rings. The summed E-state index contributed by atoms with van der Waals surface area (Å²) in [4.78, 5) is 29.0. The van der Waals surface area contributed by atoms with Gasteiger partial charge >= 0.3 is 6.09 Å². The molecule has 0 fully saturated rings. The third-order valence-electron chi connectivity index (χ3n) is 6.33. The van der Waals surface area contributed by atoms with E-state index >= 15 is 0 Å². The predicted molar refractivity (Wildman–Crippen MR) is 140 cm³/mol. The van der Waals surface area contributed by atoms with E-state index < -0.39 is 5.60 Å². The quantitative estimate of drug-likeness (QED) is 0.554. The molecule has 6 nitrogen and oxygen atoms in total. The maximum absolute atomic E-state index is 13.1. The van der Waals surface area contributed by atoms with E-state index in [0.717, 1.165) is 37.1 Å². The minimum Gasteiger partial charge on any atom is -0.444 e. The lowest BCUT2D eigenvalue weighted by molar-refractivity contribution is -0.117. The molecule has 35 heavy (non-hydrogen) atoms. The fraction of sp³-hybridized carbons (Fsp3) is 0.517. The molecule has 0 bridgehead atoms. The summed E-state index contributed by atoms with van der Waals surface area (Å²) in [6.45, 7) is 12.8. The number of nitrogens with two attached hydrogens (primary N) is 1. The fourth-order valence-corrected chi connectivity index (χ4v) is 4.82. The summed E-state index contributed by atoms with van der Waals surface area (Å²) in [6.07, 6.45) is 1.93. The Hall–Kier alpha value is -2.86. The number of carbonyl (C=O) groups excluding carboxylic acids is 2. The zero-order chi connectivity index (χ0) is 25.6. The standard InChI is InChI=1S/C29H41N3O3/c1-21(2)16-25-18-26-23(17-27(30)33)12-9-13-24(26)20-31(25)14-15-32(28(34)35-29(3,4)5)19-22-10-7-6-8-11-22/h6-13,21,25H,14-20H2,1-5H3,(H2,30,33). The van der Waals surface area contributed by atoms with Crippen LogP contribution < -0.4 is 5.73 Å². The third-order valence-corrected chi connectivity index (χ3v) is 6.33. The van der Waals surface area contributed by atoms with Gasteiger partial charge in [0, 0.05) is 32.2 Å². The fourth-order valence-electron chi connectivity index (χ4n) is 4.82. The molecule has 0 saturated heterocycles. The number of rotatable bonds is 9. The molecule has 1 unspecified atom stereocenters. The summed E-state index contributed by atoms with van der Waals surface area (Å²) in [6, 6.07) is 16.6. The molecule has 0 saturated carbocycles. The van der Waals surface area contributed by atoms with Gasteiger partial charge in [-0.25, -0.2) is 4.79 Å². The summed E-state index contributed by atoms with van der Waals surface area (Å²) in [5.41, 5.74) is 9.61. The normalized spacial score (nSPS) is 16.1. The first-order valence-corrected chi connectivity index (χ1v) is 12.7. The maximum atomic E-state index is 13.1. The Kier molecular flexibility index (Phi) is 8.95. The van der Waals surface area contributed by atoms with Crippen molar-refractivity contribution in [2.24, 2.45) is 11.7 Å². The van der Waals surface area contributed by atoms with Crippen LogP contribution in [0.2, 0.25) is 0 Å². The van der Waals surface area contributed by atoms with Gasteiger partial charge < -0.3 is 15.4 Å². The first-order valence-electron chi connectivity index (χ1n) is 12.7. The summed E-state index contributed by atoms with van der Waals surface area (Å²) in [5.74, 6) is 0.244. The van der Waals surface area contributed by atoms with Crippen molar-refractivity contribution in [1.29, 1.82) is 0 Å². The molecule has 0 spiro atoms. The van der Waals surface area contributed by atoms with E-state index in [2.05, 4.69) is 24.8 Å². The number of carbonyl (C=O) groups is 2. The van der Waals surface area contributed by atoms with E-state index in [4.69, 9.17) is 10.5 Å². The Morgan fingerprint density at radius 2 is 1.83 bits per heavy atom. The number of ether oxygens (including phenoxy) is 1. The van der Waals surface area contributed by atoms with E-state index in [0.29, 0.717) is 25.0 Å². The van der Waals surface area contributed by atoms with Crippen LogP contribution in [0.25, 0.3) is 0 Å². The second kappa shape index (κ2) is 11.7. The van der Waals surface area contributed by atoms with Gasteiger partial charge in [-0.15, -0.1) is 0 Å². The average Bonchev–Trinajstić information content (AvgIpc) is 2.76. The largest absolute Gasteiger partial charge is 0.444 e. The van der Waals surface area contributed by atoms with Crippen LogP contribution in [0.1, 0.15) is 63.3 Å². The van der Waals surface area contributed by atoms with Gasteiger partial charge in [-0.2, -0.15) is 0 Å². The maximum Gasteiger partial charge on any atom is 0.410 e. The van der Waals surface area contributed by atoms with Gasteiger partial charge in [-0.3, -0.25) is 9.69 Å². The topological polar surface area (TPSA) is 75.9 Å². The van der Waals surface area contributed by atoms with Crippen molar-refractivity contribution in [2.45, 2.75) is 78.6 Å². The van der Waals surface area contributed by atoms with Gasteiger partial charge in [0.05, 0.1) is 6.42 Å². The second-order valence-electron chi connectivity index (χ2n) is 11.0. The van der Waals surface area contributed by atoms with Crippen LogP contribution in [-0.2, 0) is 35.5 Å². The molecule has 2 aromatic carbocycles. The van der Waals surface area contributed by atoms with E-state index in [9.17, 15) is 9.59 Å². The highest BCUT2D eigenvalue weighted by molar-refractivity contribution is 5.77. The number of nitrogens with zero attached hydrogens (tertiary/aromatic N) is 2. The van der Waals surface area contributed by atoms with Crippen molar-refractivity contribution < 1.29 is 14.3 Å². The highest BCUT2D eigenvalue weighted by Crippen LogP contribution is 2.29. The minimum atomic E-state index is -0.549. The Morgan fingerprint density at radius 3 is 2.46 bits per heavy atom. The number of primary amides is 1. The van der Waals surface area contributed by atoms with E-state index in [1.165, 1.54) is 11.1 Å². The molecule has 2 amide bonds. The molecule has 190 valence electrons. The van der Waals surface area contributed by atoms with Crippen molar-refractivity contribution in [3.63, 3.8) is 0 Å². The molecule has 2 N–H and O–H groups in total. The molecule has 3 rings (SSSR count). The number of fused-ring (bicyclic) bond motifs is 1. The average molecular weight is 480 g/mol. The SMILES string of the molecule is CC(C)CC1Cc2c(CC(N)=O)cccc2CN1CCN(Cc1ccccc1)C(=O)OC(C)(C)C. The van der Waals surface area contributed by atoms with E-state index in [1.54, 1.807) is 0 Å². The predicted octanol–water partition coefficient (Wildman–Crippen LogP) is 4.92. The van der Waals surface area contributed by atoms with Crippen molar-refractivity contribution >= 4 is 12.0 Å². The van der Waals surface area contributed by atoms with Crippen molar-refractivity contribution in [2.75, 3.05) is 13.1 Å². The minimum absolute atomic E-state index is 0.279. The molecular formula is C29H41N3O3. The molecular weight excluding hydrogens is 438 g/mol. The van der Waals surface area contributed by atoms with Crippen LogP contribution >= 0.6 is 0 Å². The zero-order valence-corrected chi connectivity index (χ0v) is 21.9. The number of hydrogen-bond donors (Lipinski definition) is 1. The van der Waals surface area contributed by atoms with Gasteiger partial charge in [0.1, 0.15) is 5.60 Å². The smallest absolute Gasteiger partial charge is 0.410 e. The van der Waals surface area contributed by atoms with Crippen LogP contribution in [0.15, 0.2) is 48.5 Å². The molecule has 1 heterocycles. The molecule has 0 radical (unpaired) electrons. The van der Waals surface area contributed by atoms with Crippen LogP contribution in [0.4, 0.5) is 4.79 Å². The van der Waals surface area contributed by atoms with Gasteiger partial charge in [0.15, 0.2) is 0 Å². The summed E-state index contributed by atoms with van der Waals surface area (Å²) in [7, 11) is 0. The first kappa shape index (κ1) is 26.7. The molecule has 0 aliphatic carbocycles. The van der Waals surface area contributed by atoms with E-state index in [1.807, 2.05) is 68.1 Å². The molecule has 1 aliphatic heterocycles. The highest BCUT2D eigenvalue weighted by atomic mass is 16.6. The Bertz CT molecular complexity index is 998. The summed E-state index contributed by atoms with van der Waals surface area (Å²) >= 11 is 0. The van der Waals surface area contributed by atoms with Crippen molar-refractivity contribution in [1.82, 2.24) is 9.80 Å². The Balaban J connectivity index is 1.80. The van der Waals surface area contributed by atoms with Crippen LogP contribution in [0.5, 0.6) is 0 Å².